The lowest BCUT2D eigenvalue weighted by molar-refractivity contribution is 0.168. The van der Waals surface area contributed by atoms with Crippen LogP contribution in [0.1, 0.15) is 0 Å². The zero-order valence-corrected chi connectivity index (χ0v) is 11.9. The quantitative estimate of drug-likeness (QED) is 0.746. The van der Waals surface area contributed by atoms with Crippen molar-refractivity contribution in [2.75, 3.05) is 40.5 Å². The van der Waals surface area contributed by atoms with Crippen molar-refractivity contribution in [3.63, 3.8) is 0 Å². The van der Waals surface area contributed by atoms with Crippen LogP contribution in [0, 0.1) is 0 Å². The molecule has 0 atom stereocenters. The van der Waals surface area contributed by atoms with Gasteiger partial charge in [0.15, 0.2) is 0 Å². The smallest absolute Gasteiger partial charge is 0.246 e. The molecule has 1 N–H and O–H groups in total. The van der Waals surface area contributed by atoms with E-state index >= 15 is 0 Å². The van der Waals surface area contributed by atoms with E-state index in [9.17, 15) is 8.42 Å². The van der Waals surface area contributed by atoms with Gasteiger partial charge in [0.2, 0.25) is 10.0 Å². The van der Waals surface area contributed by atoms with Gasteiger partial charge in [0.25, 0.3) is 0 Å². The number of rotatable bonds is 8. The molecule has 6 nitrogen and oxygen atoms in total. The molecule has 0 saturated carbocycles. The fourth-order valence-corrected chi connectivity index (χ4v) is 3.20. The molecule has 0 heterocycles. The largest absolute Gasteiger partial charge is 0.495 e. The Morgan fingerprint density at radius 1 is 1.21 bits per heavy atom. The van der Waals surface area contributed by atoms with Gasteiger partial charge in [-0.3, -0.25) is 0 Å². The minimum Gasteiger partial charge on any atom is -0.495 e. The SMILES string of the molecule is COCCN(CCO)S(=O)(=O)c1ccccc1OC. The van der Waals surface area contributed by atoms with Gasteiger partial charge in [-0.05, 0) is 12.1 Å². The fourth-order valence-electron chi connectivity index (χ4n) is 1.63. The first-order valence-electron chi connectivity index (χ1n) is 5.81. The third-order valence-electron chi connectivity index (χ3n) is 2.58. The first kappa shape index (κ1) is 15.9. The van der Waals surface area contributed by atoms with Gasteiger partial charge >= 0.3 is 0 Å². The Morgan fingerprint density at radius 2 is 1.89 bits per heavy atom. The molecule has 0 aromatic heterocycles. The first-order chi connectivity index (χ1) is 9.07. The number of sulfonamides is 1. The zero-order chi connectivity index (χ0) is 14.3. The minimum absolute atomic E-state index is 0.0176. The Labute approximate surface area is 113 Å². The van der Waals surface area contributed by atoms with E-state index in [1.807, 2.05) is 0 Å². The maximum atomic E-state index is 12.5. The highest BCUT2D eigenvalue weighted by molar-refractivity contribution is 7.89. The molecule has 0 saturated heterocycles. The number of methoxy groups -OCH3 is 2. The molecule has 0 aliphatic heterocycles. The Kier molecular flexibility index (Phi) is 6.23. The standard InChI is InChI=1S/C12H19NO5S/c1-17-10-8-13(7-9-14)19(15,16)12-6-4-3-5-11(12)18-2/h3-6,14H,7-10H2,1-2H3. The fraction of sp³-hybridized carbons (Fsp3) is 0.500. The van der Waals surface area contributed by atoms with Gasteiger partial charge in [-0.2, -0.15) is 4.31 Å². The lowest BCUT2D eigenvalue weighted by Crippen LogP contribution is -2.36. The Bertz CT molecular complexity index is 489. The monoisotopic (exact) mass is 289 g/mol. The molecule has 1 rings (SSSR count). The van der Waals surface area contributed by atoms with Crippen LogP contribution in [0.4, 0.5) is 0 Å². The molecule has 0 aliphatic rings. The summed E-state index contributed by atoms with van der Waals surface area (Å²) < 4.78 is 36.1. The van der Waals surface area contributed by atoms with Crippen LogP contribution in [0.5, 0.6) is 5.75 Å². The normalized spacial score (nSPS) is 11.8. The zero-order valence-electron chi connectivity index (χ0n) is 11.1. The van der Waals surface area contributed by atoms with Crippen LogP contribution in [0.15, 0.2) is 29.2 Å². The number of hydrogen-bond acceptors (Lipinski definition) is 5. The minimum atomic E-state index is -3.71. The van der Waals surface area contributed by atoms with Gasteiger partial charge in [-0.15, -0.1) is 0 Å². The molecule has 0 radical (unpaired) electrons. The third kappa shape index (κ3) is 3.90. The highest BCUT2D eigenvalue weighted by Gasteiger charge is 2.26. The van der Waals surface area contributed by atoms with Gasteiger partial charge in [0, 0.05) is 20.2 Å². The molecule has 108 valence electrons. The highest BCUT2D eigenvalue weighted by atomic mass is 32.2. The van der Waals surface area contributed by atoms with E-state index in [0.29, 0.717) is 0 Å². The van der Waals surface area contributed by atoms with Crippen LogP contribution in [-0.4, -0.2) is 58.4 Å². The number of nitrogens with zero attached hydrogens (tertiary/aromatic N) is 1. The van der Waals surface area contributed by atoms with Crippen molar-refractivity contribution in [1.82, 2.24) is 4.31 Å². The van der Waals surface area contributed by atoms with E-state index in [0.717, 1.165) is 0 Å². The summed E-state index contributed by atoms with van der Waals surface area (Å²) in [5.74, 6) is 0.280. The predicted molar refractivity (Wildman–Crippen MR) is 70.7 cm³/mol. The molecular formula is C12H19NO5S. The summed E-state index contributed by atoms with van der Waals surface area (Å²) in [7, 11) is -0.800. The van der Waals surface area contributed by atoms with Crippen molar-refractivity contribution in [2.45, 2.75) is 4.90 Å². The summed E-state index contributed by atoms with van der Waals surface area (Å²) in [6.07, 6.45) is 0. The van der Waals surface area contributed by atoms with E-state index in [1.165, 1.54) is 24.6 Å². The van der Waals surface area contributed by atoms with Crippen LogP contribution in [-0.2, 0) is 14.8 Å². The second kappa shape index (κ2) is 7.44. The van der Waals surface area contributed by atoms with E-state index < -0.39 is 10.0 Å². The molecule has 1 aromatic rings. The van der Waals surface area contributed by atoms with Crippen molar-refractivity contribution in [2.24, 2.45) is 0 Å². The lowest BCUT2D eigenvalue weighted by atomic mass is 10.3. The van der Waals surface area contributed by atoms with Crippen LogP contribution >= 0.6 is 0 Å². The summed E-state index contributed by atoms with van der Waals surface area (Å²) in [6.45, 7) is 0.202. The van der Waals surface area contributed by atoms with Crippen LogP contribution < -0.4 is 4.74 Å². The van der Waals surface area contributed by atoms with Crippen molar-refractivity contribution in [3.05, 3.63) is 24.3 Å². The second-order valence-corrected chi connectivity index (χ2v) is 5.68. The molecule has 0 fully saturated rings. The maximum Gasteiger partial charge on any atom is 0.246 e. The first-order valence-corrected chi connectivity index (χ1v) is 7.25. The molecule has 0 unspecified atom stereocenters. The Hall–Kier alpha value is -1.15. The van der Waals surface area contributed by atoms with Crippen molar-refractivity contribution in [1.29, 1.82) is 0 Å². The van der Waals surface area contributed by atoms with Crippen LogP contribution in [0.3, 0.4) is 0 Å². The van der Waals surface area contributed by atoms with Gasteiger partial charge in [-0.1, -0.05) is 12.1 Å². The van der Waals surface area contributed by atoms with Gasteiger partial charge in [-0.25, -0.2) is 8.42 Å². The summed E-state index contributed by atoms with van der Waals surface area (Å²) in [5, 5.41) is 8.99. The molecule has 7 heteroatoms. The van der Waals surface area contributed by atoms with Gasteiger partial charge in [0.05, 0.1) is 20.3 Å². The third-order valence-corrected chi connectivity index (χ3v) is 4.52. The molecule has 0 amide bonds. The number of ether oxygens (including phenoxy) is 2. The molecule has 0 spiro atoms. The lowest BCUT2D eigenvalue weighted by Gasteiger charge is -2.21. The molecule has 19 heavy (non-hydrogen) atoms. The number of aliphatic hydroxyl groups is 1. The Balaban J connectivity index is 3.11. The molecule has 0 bridgehead atoms. The summed E-state index contributed by atoms with van der Waals surface area (Å²) in [4.78, 5) is 0.0852. The predicted octanol–water partition coefficient (Wildman–Crippen LogP) is 0.325. The molecule has 0 aliphatic carbocycles. The van der Waals surface area contributed by atoms with Crippen molar-refractivity contribution < 1.29 is 23.0 Å². The summed E-state index contributed by atoms with van der Waals surface area (Å²) in [5.41, 5.74) is 0. The van der Waals surface area contributed by atoms with Crippen molar-refractivity contribution >= 4 is 10.0 Å². The van der Waals surface area contributed by atoms with Crippen molar-refractivity contribution in [3.8, 4) is 5.75 Å². The number of benzene rings is 1. The average Bonchev–Trinajstić information content (AvgIpc) is 2.43. The van der Waals surface area contributed by atoms with E-state index in [4.69, 9.17) is 14.6 Å². The van der Waals surface area contributed by atoms with Crippen LogP contribution in [0.2, 0.25) is 0 Å². The number of para-hydroxylation sites is 1. The average molecular weight is 289 g/mol. The summed E-state index contributed by atoms with van der Waals surface area (Å²) >= 11 is 0. The highest BCUT2D eigenvalue weighted by Crippen LogP contribution is 2.25. The van der Waals surface area contributed by atoms with Gasteiger partial charge < -0.3 is 14.6 Å². The number of aliphatic hydroxyl groups excluding tert-OH is 1. The Morgan fingerprint density at radius 3 is 2.47 bits per heavy atom. The molecule has 1 aromatic carbocycles. The second-order valence-electron chi connectivity index (χ2n) is 3.77. The van der Waals surface area contributed by atoms with E-state index in [2.05, 4.69) is 0 Å². The topological polar surface area (TPSA) is 76.1 Å². The molecular weight excluding hydrogens is 270 g/mol. The maximum absolute atomic E-state index is 12.5. The van der Waals surface area contributed by atoms with E-state index in [1.54, 1.807) is 18.2 Å². The summed E-state index contributed by atoms with van der Waals surface area (Å²) in [6, 6.07) is 6.39. The van der Waals surface area contributed by atoms with E-state index in [-0.39, 0.29) is 36.9 Å². The number of hydrogen-bond donors (Lipinski definition) is 1. The van der Waals surface area contributed by atoms with Gasteiger partial charge in [0.1, 0.15) is 10.6 Å². The van der Waals surface area contributed by atoms with Crippen LogP contribution in [0.25, 0.3) is 0 Å².